The fraction of sp³-hybridized carbons (Fsp3) is 0.379. The van der Waals surface area contributed by atoms with Crippen LogP contribution in [0.2, 0.25) is 0 Å². The predicted molar refractivity (Wildman–Crippen MR) is 145 cm³/mol. The summed E-state index contributed by atoms with van der Waals surface area (Å²) in [6.45, 7) is 7.03. The highest BCUT2D eigenvalue weighted by Crippen LogP contribution is 2.55. The van der Waals surface area contributed by atoms with Gasteiger partial charge >= 0.3 is 13.8 Å². The Labute approximate surface area is 232 Å². The number of hydrogen-bond acceptors (Lipinski definition) is 5. The lowest BCUT2D eigenvalue weighted by molar-refractivity contribution is -0.137. The van der Waals surface area contributed by atoms with Crippen LogP contribution >= 0.6 is 7.60 Å². The normalized spacial score (nSPS) is 12.3. The molecule has 0 aliphatic carbocycles. The summed E-state index contributed by atoms with van der Waals surface area (Å²) in [6, 6.07) is 13.3. The molecule has 7 nitrogen and oxygen atoms in total. The molecule has 0 heterocycles. The van der Waals surface area contributed by atoms with E-state index in [2.05, 4.69) is 0 Å². The molecule has 0 unspecified atom stereocenters. The molecule has 0 fully saturated rings. The molecule has 0 bridgehead atoms. The number of halogens is 3. The molecule has 0 aliphatic heterocycles. The van der Waals surface area contributed by atoms with E-state index >= 15 is 0 Å². The lowest BCUT2D eigenvalue weighted by Gasteiger charge is -2.33. The zero-order valence-electron chi connectivity index (χ0n) is 23.0. The largest absolute Gasteiger partial charge is 0.475 e. The third-order valence-corrected chi connectivity index (χ3v) is 8.51. The van der Waals surface area contributed by atoms with Gasteiger partial charge in [-0.25, -0.2) is 0 Å². The van der Waals surface area contributed by atoms with Gasteiger partial charge in [-0.05, 0) is 97.8 Å². The van der Waals surface area contributed by atoms with Gasteiger partial charge in [-0.2, -0.15) is 13.2 Å². The lowest BCUT2D eigenvalue weighted by atomic mass is 9.95. The van der Waals surface area contributed by atoms with Gasteiger partial charge in [-0.15, -0.1) is 0 Å². The van der Waals surface area contributed by atoms with E-state index in [0.29, 0.717) is 17.9 Å². The monoisotopic (exact) mass is 582 g/mol. The Balaban J connectivity index is 1.93. The lowest BCUT2D eigenvalue weighted by Crippen LogP contribution is -2.34. The quantitative estimate of drug-likeness (QED) is 0.167. The fourth-order valence-corrected chi connectivity index (χ4v) is 5.48. The first-order valence-electron chi connectivity index (χ1n) is 12.7. The van der Waals surface area contributed by atoms with Crippen molar-refractivity contribution in [3.8, 4) is 23.0 Å². The first-order valence-corrected chi connectivity index (χ1v) is 14.3. The van der Waals surface area contributed by atoms with Crippen LogP contribution in [0.4, 0.5) is 13.2 Å². The molecule has 0 saturated heterocycles. The van der Waals surface area contributed by atoms with Crippen molar-refractivity contribution < 1.29 is 46.5 Å². The molecule has 0 aliphatic rings. The molecule has 3 aromatic rings. The van der Waals surface area contributed by atoms with Crippen LogP contribution < -0.4 is 14.2 Å². The summed E-state index contributed by atoms with van der Waals surface area (Å²) in [7, 11) is -3.10. The Kier molecular flexibility index (Phi) is 9.95. The second-order valence-electron chi connectivity index (χ2n) is 9.47. The van der Waals surface area contributed by atoms with E-state index in [4.69, 9.17) is 18.9 Å². The zero-order chi connectivity index (χ0) is 29.7. The summed E-state index contributed by atoms with van der Waals surface area (Å²) in [6.07, 6.45) is -3.78. The molecule has 0 atom stereocenters. The third kappa shape index (κ3) is 7.37. The second kappa shape index (κ2) is 12.6. The van der Waals surface area contributed by atoms with Crippen molar-refractivity contribution in [3.63, 3.8) is 0 Å². The van der Waals surface area contributed by atoms with Crippen LogP contribution in [0.25, 0.3) is 0 Å². The van der Waals surface area contributed by atoms with Crippen LogP contribution in [0.3, 0.4) is 0 Å². The molecular weight excluding hydrogens is 548 g/mol. The van der Waals surface area contributed by atoms with Crippen LogP contribution in [-0.2, 0) is 21.9 Å². The molecule has 0 radical (unpaired) electrons. The minimum atomic E-state index is -4.55. The highest BCUT2D eigenvalue weighted by molar-refractivity contribution is 7.53. The van der Waals surface area contributed by atoms with Gasteiger partial charge < -0.3 is 28.7 Å². The van der Waals surface area contributed by atoms with Crippen molar-refractivity contribution in [1.29, 1.82) is 0 Å². The summed E-state index contributed by atoms with van der Waals surface area (Å²) in [5.74, 6) is 0.890. The average Bonchev–Trinajstić information content (AvgIpc) is 2.88. The smallest absolute Gasteiger partial charge is 0.416 e. The van der Waals surface area contributed by atoms with Crippen molar-refractivity contribution in [1.82, 2.24) is 0 Å². The molecule has 40 heavy (non-hydrogen) atoms. The third-order valence-electron chi connectivity index (χ3n) is 6.72. The second-order valence-corrected chi connectivity index (χ2v) is 11.4. The average molecular weight is 583 g/mol. The molecule has 11 heteroatoms. The minimum absolute atomic E-state index is 0.00323. The Bertz CT molecular complexity index is 1340. The summed E-state index contributed by atoms with van der Waals surface area (Å²) < 4.78 is 74.1. The van der Waals surface area contributed by atoms with Crippen LogP contribution in [0, 0.1) is 13.8 Å². The van der Waals surface area contributed by atoms with Crippen LogP contribution in [0.5, 0.6) is 23.0 Å². The molecule has 0 saturated carbocycles. The van der Waals surface area contributed by atoms with Crippen LogP contribution in [-0.4, -0.2) is 29.0 Å². The Hall–Kier alpha value is -3.04. The van der Waals surface area contributed by atoms with E-state index in [-0.39, 0.29) is 31.1 Å². The Morgan fingerprint density at radius 2 is 1.52 bits per heavy atom. The van der Waals surface area contributed by atoms with Crippen LogP contribution in [0.15, 0.2) is 54.6 Å². The molecule has 218 valence electrons. The summed E-state index contributed by atoms with van der Waals surface area (Å²) >= 11 is 0. The van der Waals surface area contributed by atoms with E-state index in [1.807, 2.05) is 19.9 Å². The first kappa shape index (κ1) is 31.5. The molecule has 2 N–H and O–H groups in total. The van der Waals surface area contributed by atoms with Crippen molar-refractivity contribution in [2.45, 2.75) is 58.5 Å². The molecule has 0 amide bonds. The first-order chi connectivity index (χ1) is 18.7. The maximum Gasteiger partial charge on any atom is 0.416 e. The van der Waals surface area contributed by atoms with Gasteiger partial charge in [0.25, 0.3) is 0 Å². The van der Waals surface area contributed by atoms with Gasteiger partial charge in [-0.1, -0.05) is 26.0 Å². The summed E-state index contributed by atoms with van der Waals surface area (Å²) in [4.78, 5) is 19.9. The molecule has 3 rings (SSSR count). The van der Waals surface area contributed by atoms with Crippen molar-refractivity contribution in [2.75, 3.05) is 13.9 Å². The van der Waals surface area contributed by atoms with Crippen molar-refractivity contribution in [3.05, 3.63) is 82.4 Å². The predicted octanol–water partition coefficient (Wildman–Crippen LogP) is 7.76. The van der Waals surface area contributed by atoms with E-state index in [9.17, 15) is 27.5 Å². The standard InChI is InChI=1S/C29H34F3O7P/c1-6-28(7-2,40(33,34)35)39-24-13-19(3)25(20(4)14-24)15-21-11-12-26(37-18-36-5)27(16-21)38-23-10-8-9-22(17-23)29(30,31)32/h8-14,16-17H,6-7,15,18H2,1-5H3,(H2,33,34,35). The zero-order valence-corrected chi connectivity index (χ0v) is 23.9. The van der Waals surface area contributed by atoms with Crippen LogP contribution in [0.1, 0.15) is 54.5 Å². The number of rotatable bonds is 12. The van der Waals surface area contributed by atoms with Gasteiger partial charge in [-0.3, -0.25) is 4.57 Å². The van der Waals surface area contributed by atoms with Crippen molar-refractivity contribution >= 4 is 7.60 Å². The number of ether oxygens (including phenoxy) is 4. The SMILES string of the molecule is CCC(CC)(Oc1cc(C)c(Cc2ccc(OCOC)c(Oc3cccc(C(F)(F)F)c3)c2)c(C)c1)P(=O)(O)O. The minimum Gasteiger partial charge on any atom is -0.475 e. The van der Waals surface area contributed by atoms with E-state index in [0.717, 1.165) is 34.4 Å². The molecule has 0 spiro atoms. The molecule has 3 aromatic carbocycles. The van der Waals surface area contributed by atoms with Gasteiger partial charge in [0.2, 0.25) is 5.34 Å². The number of hydrogen-bond donors (Lipinski definition) is 2. The van der Waals surface area contributed by atoms with E-state index < -0.39 is 24.7 Å². The summed E-state index contributed by atoms with van der Waals surface area (Å²) in [5.41, 5.74) is 2.63. The van der Waals surface area contributed by atoms with E-state index in [1.165, 1.54) is 19.2 Å². The number of aryl methyl sites for hydroxylation is 2. The number of methoxy groups -OCH3 is 1. The summed E-state index contributed by atoms with van der Waals surface area (Å²) in [5, 5.41) is -1.61. The highest BCUT2D eigenvalue weighted by atomic mass is 31.2. The Morgan fingerprint density at radius 3 is 2.08 bits per heavy atom. The molecule has 0 aromatic heterocycles. The topological polar surface area (TPSA) is 94.5 Å². The fourth-order valence-electron chi connectivity index (χ4n) is 4.43. The van der Waals surface area contributed by atoms with Crippen molar-refractivity contribution in [2.24, 2.45) is 0 Å². The van der Waals surface area contributed by atoms with Gasteiger partial charge in [0.1, 0.15) is 11.5 Å². The maximum absolute atomic E-state index is 13.2. The number of benzene rings is 3. The van der Waals surface area contributed by atoms with Gasteiger partial charge in [0.05, 0.1) is 5.56 Å². The molecular formula is C29H34F3O7P. The number of alkyl halides is 3. The van der Waals surface area contributed by atoms with E-state index in [1.54, 1.807) is 38.1 Å². The van der Waals surface area contributed by atoms with Gasteiger partial charge in [0.15, 0.2) is 18.3 Å². The maximum atomic E-state index is 13.2. The van der Waals surface area contributed by atoms with Gasteiger partial charge in [0, 0.05) is 7.11 Å². The Morgan fingerprint density at radius 1 is 0.875 bits per heavy atom. The highest BCUT2D eigenvalue weighted by Gasteiger charge is 2.46.